The Morgan fingerprint density at radius 2 is 1.78 bits per heavy atom. The molecule has 1 aromatic heterocycles. The topological polar surface area (TPSA) is 77.8 Å². The highest BCUT2D eigenvalue weighted by atomic mass is 16.5. The summed E-state index contributed by atoms with van der Waals surface area (Å²) in [4.78, 5) is 26.0. The molecule has 0 spiro atoms. The van der Waals surface area contributed by atoms with Crippen molar-refractivity contribution in [3.8, 4) is 11.5 Å². The number of carbonyl (C=O) groups is 1. The Hall–Kier alpha value is -3.28. The lowest BCUT2D eigenvalue weighted by Gasteiger charge is -2.16. The molecule has 4 rings (SSSR count). The van der Waals surface area contributed by atoms with E-state index in [1.165, 1.54) is 12.8 Å². The van der Waals surface area contributed by atoms with Crippen LogP contribution in [0.3, 0.4) is 0 Å². The standard InChI is InChI=1S/C26H29NO5/c1-5-6-7-8-11-31-19-10-9-17(14-21(19)30-4)23-22-24(28)18-12-15(2)16(3)13-20(18)32-25(22)26(29)27-23/h9-10,12-14,23H,5-8,11H2,1-4H3,(H,27,29). The highest BCUT2D eigenvalue weighted by Gasteiger charge is 2.36. The molecule has 1 N–H and O–H groups in total. The summed E-state index contributed by atoms with van der Waals surface area (Å²) >= 11 is 0. The largest absolute Gasteiger partial charge is 0.493 e. The second-order valence-corrected chi connectivity index (χ2v) is 8.33. The number of unbranched alkanes of at least 4 members (excludes halogenated alkanes) is 3. The second kappa shape index (κ2) is 9.07. The Morgan fingerprint density at radius 1 is 1.00 bits per heavy atom. The number of carbonyl (C=O) groups excluding carboxylic acids is 1. The molecule has 1 unspecified atom stereocenters. The van der Waals surface area contributed by atoms with E-state index in [2.05, 4.69) is 12.2 Å². The van der Waals surface area contributed by atoms with E-state index in [0.717, 1.165) is 29.5 Å². The van der Waals surface area contributed by atoms with Crippen LogP contribution >= 0.6 is 0 Å². The summed E-state index contributed by atoms with van der Waals surface area (Å²) < 4.78 is 17.3. The lowest BCUT2D eigenvalue weighted by Crippen LogP contribution is -2.22. The maximum atomic E-state index is 13.4. The van der Waals surface area contributed by atoms with Gasteiger partial charge in [-0.1, -0.05) is 32.3 Å². The highest BCUT2D eigenvalue weighted by molar-refractivity contribution is 5.99. The fourth-order valence-corrected chi connectivity index (χ4v) is 4.11. The minimum Gasteiger partial charge on any atom is -0.493 e. The molecule has 32 heavy (non-hydrogen) atoms. The summed E-state index contributed by atoms with van der Waals surface area (Å²) in [5.41, 5.74) is 3.31. The van der Waals surface area contributed by atoms with Gasteiger partial charge in [-0.25, -0.2) is 0 Å². The summed E-state index contributed by atoms with van der Waals surface area (Å²) in [6.45, 7) is 6.69. The van der Waals surface area contributed by atoms with Crippen LogP contribution in [-0.4, -0.2) is 19.6 Å². The predicted molar refractivity (Wildman–Crippen MR) is 124 cm³/mol. The zero-order valence-corrected chi connectivity index (χ0v) is 19.0. The van der Waals surface area contributed by atoms with Crippen LogP contribution in [-0.2, 0) is 0 Å². The molecule has 2 aromatic carbocycles. The number of hydrogen-bond donors (Lipinski definition) is 1. The number of ether oxygens (including phenoxy) is 2. The first-order valence-corrected chi connectivity index (χ1v) is 11.1. The Labute approximate surface area is 187 Å². The summed E-state index contributed by atoms with van der Waals surface area (Å²) in [6, 6.07) is 8.52. The predicted octanol–water partition coefficient (Wildman–Crippen LogP) is 5.21. The van der Waals surface area contributed by atoms with Gasteiger partial charge in [-0.2, -0.15) is 0 Å². The van der Waals surface area contributed by atoms with Gasteiger partial charge in [0, 0.05) is 0 Å². The molecule has 0 aliphatic carbocycles. The average molecular weight is 436 g/mol. The molecule has 0 bridgehead atoms. The number of rotatable bonds is 8. The minimum atomic E-state index is -0.604. The summed E-state index contributed by atoms with van der Waals surface area (Å²) in [5.74, 6) is 0.898. The van der Waals surface area contributed by atoms with Crippen LogP contribution in [0.25, 0.3) is 11.0 Å². The van der Waals surface area contributed by atoms with Crippen molar-refractivity contribution >= 4 is 16.9 Å². The zero-order chi connectivity index (χ0) is 22.8. The van der Waals surface area contributed by atoms with Crippen molar-refractivity contribution in [2.45, 2.75) is 52.5 Å². The number of nitrogens with one attached hydrogen (secondary N) is 1. The molecule has 168 valence electrons. The quantitative estimate of drug-likeness (QED) is 0.492. The van der Waals surface area contributed by atoms with Crippen LogP contribution in [0.5, 0.6) is 11.5 Å². The molecule has 0 saturated carbocycles. The Kier molecular flexibility index (Phi) is 6.21. The maximum Gasteiger partial charge on any atom is 0.288 e. The van der Waals surface area contributed by atoms with Crippen molar-refractivity contribution in [1.82, 2.24) is 5.32 Å². The third-order valence-corrected chi connectivity index (χ3v) is 6.09. The van der Waals surface area contributed by atoms with Gasteiger partial charge in [-0.05, 0) is 61.2 Å². The molecule has 1 amide bonds. The Balaban J connectivity index is 1.69. The molecule has 6 nitrogen and oxygen atoms in total. The van der Waals surface area contributed by atoms with Gasteiger partial charge in [0.05, 0.1) is 30.7 Å². The van der Waals surface area contributed by atoms with E-state index in [9.17, 15) is 9.59 Å². The highest BCUT2D eigenvalue weighted by Crippen LogP contribution is 2.36. The molecule has 0 radical (unpaired) electrons. The third-order valence-electron chi connectivity index (χ3n) is 6.09. The first-order valence-electron chi connectivity index (χ1n) is 11.1. The van der Waals surface area contributed by atoms with Crippen molar-refractivity contribution < 1.29 is 18.7 Å². The fourth-order valence-electron chi connectivity index (χ4n) is 4.11. The Bertz CT molecular complexity index is 1230. The monoisotopic (exact) mass is 435 g/mol. The number of aryl methyl sites for hydroxylation is 2. The SMILES string of the molecule is CCCCCCOc1ccc(C2NC(=O)c3oc4cc(C)c(C)cc4c(=O)c32)cc1OC. The maximum absolute atomic E-state index is 13.4. The molecule has 2 heterocycles. The summed E-state index contributed by atoms with van der Waals surface area (Å²) in [7, 11) is 1.58. The van der Waals surface area contributed by atoms with Gasteiger partial charge < -0.3 is 19.2 Å². The number of fused-ring (bicyclic) bond motifs is 2. The molecular formula is C26H29NO5. The molecule has 0 fully saturated rings. The first-order chi connectivity index (χ1) is 15.4. The average Bonchev–Trinajstić information content (AvgIpc) is 3.12. The van der Waals surface area contributed by atoms with Crippen molar-refractivity contribution in [2.75, 3.05) is 13.7 Å². The van der Waals surface area contributed by atoms with Crippen LogP contribution in [0.4, 0.5) is 0 Å². The van der Waals surface area contributed by atoms with Crippen molar-refractivity contribution in [3.05, 3.63) is 68.6 Å². The van der Waals surface area contributed by atoms with Crippen LogP contribution in [0.2, 0.25) is 0 Å². The lowest BCUT2D eigenvalue weighted by atomic mass is 9.98. The normalized spacial score (nSPS) is 15.0. The number of hydrogen-bond acceptors (Lipinski definition) is 5. The molecular weight excluding hydrogens is 406 g/mol. The van der Waals surface area contributed by atoms with E-state index < -0.39 is 11.9 Å². The van der Waals surface area contributed by atoms with Crippen LogP contribution < -0.4 is 20.2 Å². The van der Waals surface area contributed by atoms with Gasteiger partial charge >= 0.3 is 0 Å². The van der Waals surface area contributed by atoms with Gasteiger partial charge in [0.15, 0.2) is 16.9 Å². The Morgan fingerprint density at radius 3 is 2.53 bits per heavy atom. The smallest absolute Gasteiger partial charge is 0.288 e. The number of methoxy groups -OCH3 is 1. The number of amides is 1. The van der Waals surface area contributed by atoms with Crippen molar-refractivity contribution in [1.29, 1.82) is 0 Å². The molecule has 1 atom stereocenters. The van der Waals surface area contributed by atoms with Crippen molar-refractivity contribution in [2.24, 2.45) is 0 Å². The van der Waals surface area contributed by atoms with Crippen LogP contribution in [0, 0.1) is 13.8 Å². The van der Waals surface area contributed by atoms with E-state index in [4.69, 9.17) is 13.9 Å². The summed E-state index contributed by atoms with van der Waals surface area (Å²) in [5, 5.41) is 3.37. The fraction of sp³-hybridized carbons (Fsp3) is 0.385. The van der Waals surface area contributed by atoms with Crippen LogP contribution in [0.1, 0.15) is 71.5 Å². The molecule has 1 aliphatic heterocycles. The van der Waals surface area contributed by atoms with E-state index in [1.807, 2.05) is 44.2 Å². The van der Waals surface area contributed by atoms with Crippen LogP contribution in [0.15, 0.2) is 39.5 Å². The third kappa shape index (κ3) is 3.97. The lowest BCUT2D eigenvalue weighted by molar-refractivity contribution is 0.0938. The van der Waals surface area contributed by atoms with E-state index in [1.54, 1.807) is 7.11 Å². The summed E-state index contributed by atoms with van der Waals surface area (Å²) in [6.07, 6.45) is 4.48. The van der Waals surface area contributed by atoms with Gasteiger partial charge in [0.2, 0.25) is 5.76 Å². The molecule has 6 heteroatoms. The van der Waals surface area contributed by atoms with E-state index >= 15 is 0 Å². The van der Waals surface area contributed by atoms with Gasteiger partial charge in [0.1, 0.15) is 5.58 Å². The van der Waals surface area contributed by atoms with E-state index in [0.29, 0.717) is 34.6 Å². The van der Waals surface area contributed by atoms with E-state index in [-0.39, 0.29) is 11.2 Å². The van der Waals surface area contributed by atoms with Gasteiger partial charge in [-0.15, -0.1) is 0 Å². The first kappa shape index (κ1) is 21.9. The van der Waals surface area contributed by atoms with Gasteiger partial charge in [0.25, 0.3) is 5.91 Å². The molecule has 1 aliphatic rings. The minimum absolute atomic E-state index is 0.0750. The zero-order valence-electron chi connectivity index (χ0n) is 19.0. The number of benzene rings is 2. The van der Waals surface area contributed by atoms with Gasteiger partial charge in [-0.3, -0.25) is 9.59 Å². The molecule has 3 aromatic rings. The molecule has 0 saturated heterocycles. The van der Waals surface area contributed by atoms with Crippen molar-refractivity contribution in [3.63, 3.8) is 0 Å². The second-order valence-electron chi connectivity index (χ2n) is 8.33.